The quantitative estimate of drug-likeness (QED) is 0.860. The fraction of sp³-hybridized carbons (Fsp3) is 0.556. The van der Waals surface area contributed by atoms with Crippen molar-refractivity contribution < 1.29 is 0 Å². The van der Waals surface area contributed by atoms with Crippen LogP contribution >= 0.6 is 23.2 Å². The minimum absolute atomic E-state index is 0.0424. The van der Waals surface area contributed by atoms with E-state index in [1.807, 2.05) is 13.8 Å². The van der Waals surface area contributed by atoms with E-state index in [1.165, 1.54) is 0 Å². The Morgan fingerprint density at radius 3 is 2.32 bits per heavy atom. The second kappa shape index (κ2) is 7.52. The van der Waals surface area contributed by atoms with E-state index in [9.17, 15) is 0 Å². The predicted octanol–water partition coefficient (Wildman–Crippen LogP) is 4.21. The molecule has 2 unspecified atom stereocenters. The lowest BCUT2D eigenvalue weighted by molar-refractivity contribution is 0.244. The van der Waals surface area contributed by atoms with Crippen molar-refractivity contribution in [3.05, 3.63) is 45.5 Å². The van der Waals surface area contributed by atoms with Crippen LogP contribution in [0.4, 0.5) is 0 Å². The lowest BCUT2D eigenvalue weighted by Gasteiger charge is -2.41. The molecule has 0 spiro atoms. The largest absolute Gasteiger partial charge is 0.320 e. The summed E-state index contributed by atoms with van der Waals surface area (Å²) in [6.45, 7) is 4.05. The van der Waals surface area contributed by atoms with Crippen molar-refractivity contribution in [3.63, 3.8) is 0 Å². The van der Waals surface area contributed by atoms with Crippen LogP contribution in [0, 0.1) is 0 Å². The van der Waals surface area contributed by atoms with E-state index in [2.05, 4.69) is 19.9 Å². The van der Waals surface area contributed by atoms with Gasteiger partial charge in [-0.1, -0.05) is 49.9 Å². The van der Waals surface area contributed by atoms with Gasteiger partial charge in [0.2, 0.25) is 0 Å². The van der Waals surface area contributed by atoms with Gasteiger partial charge in [0, 0.05) is 5.92 Å². The third-order valence-corrected chi connectivity index (χ3v) is 5.96. The Morgan fingerprint density at radius 2 is 1.64 bits per heavy atom. The van der Waals surface area contributed by atoms with Gasteiger partial charge >= 0.3 is 0 Å². The average molecular weight is 380 g/mol. The number of rotatable bonds is 4. The topological polar surface area (TPSA) is 77.6 Å². The Morgan fingerprint density at radius 1 is 1.00 bits per heavy atom. The molecule has 134 valence electrons. The first-order valence-electron chi connectivity index (χ1n) is 8.80. The molecule has 1 aliphatic carbocycles. The van der Waals surface area contributed by atoms with E-state index in [1.54, 1.807) is 12.7 Å². The monoisotopic (exact) mass is 379 g/mol. The molecule has 0 aromatic carbocycles. The fourth-order valence-corrected chi connectivity index (χ4v) is 4.52. The fourth-order valence-electron chi connectivity index (χ4n) is 3.75. The number of halogens is 2. The van der Waals surface area contributed by atoms with Gasteiger partial charge in [-0.05, 0) is 25.7 Å². The van der Waals surface area contributed by atoms with Crippen LogP contribution in [-0.4, -0.2) is 19.9 Å². The molecule has 0 amide bonds. The number of aromatic nitrogens is 4. The summed E-state index contributed by atoms with van der Waals surface area (Å²) in [7, 11) is 0. The van der Waals surface area contributed by atoms with Gasteiger partial charge in [0.05, 0.1) is 38.4 Å². The highest BCUT2D eigenvalue weighted by Gasteiger charge is 2.44. The molecule has 2 aromatic rings. The van der Waals surface area contributed by atoms with Crippen LogP contribution in [0.5, 0.6) is 0 Å². The molecule has 0 aliphatic heterocycles. The molecule has 1 aliphatic rings. The molecule has 2 N–H and O–H groups in total. The summed E-state index contributed by atoms with van der Waals surface area (Å²) in [6, 6.07) is 0. The summed E-state index contributed by atoms with van der Waals surface area (Å²) in [5.74, 6) is -0.0424. The summed E-state index contributed by atoms with van der Waals surface area (Å²) in [6.07, 6.45) is 8.42. The van der Waals surface area contributed by atoms with Gasteiger partial charge in [-0.25, -0.2) is 19.9 Å². The van der Waals surface area contributed by atoms with Crippen molar-refractivity contribution in [2.75, 3.05) is 0 Å². The number of aryl methyl sites for hydroxylation is 2. The van der Waals surface area contributed by atoms with E-state index in [-0.39, 0.29) is 5.92 Å². The highest BCUT2D eigenvalue weighted by molar-refractivity contribution is 6.32. The molecule has 2 atom stereocenters. The summed E-state index contributed by atoms with van der Waals surface area (Å²) >= 11 is 13.2. The number of nitrogens with two attached hydrogens (primary N) is 1. The van der Waals surface area contributed by atoms with Crippen molar-refractivity contribution in [3.8, 4) is 0 Å². The maximum Gasteiger partial charge on any atom is 0.116 e. The van der Waals surface area contributed by atoms with Crippen molar-refractivity contribution in [1.82, 2.24) is 19.9 Å². The van der Waals surface area contributed by atoms with Gasteiger partial charge in [0.15, 0.2) is 0 Å². The summed E-state index contributed by atoms with van der Waals surface area (Å²) in [4.78, 5) is 17.5. The predicted molar refractivity (Wildman–Crippen MR) is 99.9 cm³/mol. The summed E-state index contributed by atoms with van der Waals surface area (Å²) in [5, 5.41) is 1.19. The van der Waals surface area contributed by atoms with E-state index in [4.69, 9.17) is 28.9 Å². The molecule has 0 bridgehead atoms. The molecule has 5 nitrogen and oxygen atoms in total. The van der Waals surface area contributed by atoms with Gasteiger partial charge in [-0.2, -0.15) is 0 Å². The Balaban J connectivity index is 2.13. The molecule has 2 heterocycles. The summed E-state index contributed by atoms with van der Waals surface area (Å²) < 4.78 is 0. The first-order valence-corrected chi connectivity index (χ1v) is 9.56. The lowest BCUT2D eigenvalue weighted by Crippen LogP contribution is -2.46. The minimum Gasteiger partial charge on any atom is -0.320 e. The van der Waals surface area contributed by atoms with Crippen LogP contribution in [0.1, 0.15) is 68.2 Å². The number of hydrogen-bond acceptors (Lipinski definition) is 5. The van der Waals surface area contributed by atoms with Gasteiger partial charge < -0.3 is 5.73 Å². The first kappa shape index (κ1) is 18.5. The average Bonchev–Trinajstić information content (AvgIpc) is 2.63. The third kappa shape index (κ3) is 3.25. The molecule has 0 radical (unpaired) electrons. The molecule has 1 fully saturated rings. The van der Waals surface area contributed by atoms with E-state index >= 15 is 0 Å². The highest BCUT2D eigenvalue weighted by Crippen LogP contribution is 2.48. The molecule has 1 saturated carbocycles. The van der Waals surface area contributed by atoms with Gasteiger partial charge in [-0.3, -0.25) is 0 Å². The zero-order chi connectivity index (χ0) is 18.0. The zero-order valence-corrected chi connectivity index (χ0v) is 16.1. The second-order valence-corrected chi connectivity index (χ2v) is 7.30. The lowest BCUT2D eigenvalue weighted by atomic mass is 9.69. The van der Waals surface area contributed by atoms with Crippen LogP contribution < -0.4 is 5.73 Å². The molecular formula is C18H23Cl2N5. The van der Waals surface area contributed by atoms with Crippen molar-refractivity contribution >= 4 is 23.2 Å². The van der Waals surface area contributed by atoms with Crippen molar-refractivity contribution in [2.24, 2.45) is 5.73 Å². The van der Waals surface area contributed by atoms with Crippen LogP contribution in [0.15, 0.2) is 12.7 Å². The van der Waals surface area contributed by atoms with Crippen LogP contribution in [-0.2, 0) is 18.4 Å². The third-order valence-electron chi connectivity index (χ3n) is 5.15. The number of hydrogen-bond donors (Lipinski definition) is 1. The van der Waals surface area contributed by atoms with Crippen LogP contribution in [0.2, 0.25) is 10.0 Å². The van der Waals surface area contributed by atoms with Crippen molar-refractivity contribution in [1.29, 1.82) is 0 Å². The highest BCUT2D eigenvalue weighted by atomic mass is 35.5. The molecular weight excluding hydrogens is 357 g/mol. The van der Waals surface area contributed by atoms with Crippen molar-refractivity contribution in [2.45, 2.75) is 63.8 Å². The van der Waals surface area contributed by atoms with Crippen LogP contribution in [0.3, 0.4) is 0 Å². The van der Waals surface area contributed by atoms with Gasteiger partial charge in [0.1, 0.15) is 12.7 Å². The Labute approximate surface area is 158 Å². The SMILES string of the molecule is CCc1ncnc(C2CCCCC2(N)c2ncnc(CC)c2Cl)c1Cl. The molecule has 3 rings (SSSR count). The normalized spacial score (nSPS) is 23.6. The van der Waals surface area contributed by atoms with Gasteiger partial charge in [-0.15, -0.1) is 0 Å². The first-order chi connectivity index (χ1) is 12.0. The Bertz CT molecular complexity index is 767. The summed E-state index contributed by atoms with van der Waals surface area (Å²) in [5.41, 5.74) is 9.43. The zero-order valence-electron chi connectivity index (χ0n) is 14.6. The van der Waals surface area contributed by atoms with Gasteiger partial charge in [0.25, 0.3) is 0 Å². The number of nitrogens with zero attached hydrogens (tertiary/aromatic N) is 4. The smallest absolute Gasteiger partial charge is 0.116 e. The Hall–Kier alpha value is -1.30. The van der Waals surface area contributed by atoms with Crippen LogP contribution in [0.25, 0.3) is 0 Å². The van der Waals surface area contributed by atoms with E-state index in [0.29, 0.717) is 15.7 Å². The molecule has 25 heavy (non-hydrogen) atoms. The molecule has 7 heteroatoms. The molecule has 0 saturated heterocycles. The Kier molecular flexibility index (Phi) is 5.56. The van der Waals surface area contributed by atoms with E-state index < -0.39 is 5.54 Å². The maximum absolute atomic E-state index is 6.95. The standard InChI is InChI=1S/C18H23Cl2N5/c1-3-12-14(19)16(24-9-22-12)11-7-5-6-8-18(11,21)17-15(20)13(4-2)23-10-25-17/h9-11H,3-8,21H2,1-2H3. The van der Waals surface area contributed by atoms with E-state index in [0.717, 1.165) is 55.6 Å². The molecule has 2 aromatic heterocycles. The maximum atomic E-state index is 6.95. The second-order valence-electron chi connectivity index (χ2n) is 6.55. The minimum atomic E-state index is -0.703.